The summed E-state index contributed by atoms with van der Waals surface area (Å²) in [6, 6.07) is 0. The van der Waals surface area contributed by atoms with Crippen LogP contribution in [-0.4, -0.2) is 32.6 Å². The van der Waals surface area contributed by atoms with Gasteiger partial charge in [0.2, 0.25) is 6.29 Å². The zero-order chi connectivity index (χ0) is 19.4. The summed E-state index contributed by atoms with van der Waals surface area (Å²) in [7, 11) is -2.15. The minimum atomic E-state index is -2.15. The summed E-state index contributed by atoms with van der Waals surface area (Å²) in [6.45, 7) is 16.0. The van der Waals surface area contributed by atoms with Crippen molar-refractivity contribution in [3.63, 3.8) is 0 Å². The Morgan fingerprint density at radius 1 is 1.32 bits per heavy atom. The van der Waals surface area contributed by atoms with Crippen molar-refractivity contribution in [3.8, 4) is 0 Å². The third kappa shape index (κ3) is 6.43. The van der Waals surface area contributed by atoms with E-state index in [1.807, 2.05) is 13.8 Å². The van der Waals surface area contributed by atoms with Crippen LogP contribution >= 0.6 is 0 Å². The monoisotopic (exact) mass is 368 g/mol. The lowest BCUT2D eigenvalue weighted by Gasteiger charge is -2.38. The number of hydrogen-bond acceptors (Lipinski definition) is 5. The molecule has 0 saturated carbocycles. The predicted octanol–water partition coefficient (Wildman–Crippen LogP) is 4.50. The van der Waals surface area contributed by atoms with E-state index in [0.29, 0.717) is 12.0 Å². The van der Waals surface area contributed by atoms with Gasteiger partial charge in [0.05, 0.1) is 0 Å². The zero-order valence-corrected chi connectivity index (χ0v) is 17.8. The van der Waals surface area contributed by atoms with Crippen LogP contribution < -0.4 is 0 Å². The number of allylic oxidation sites excluding steroid dienone is 2. The standard InChI is InChI=1S/C19H32O5Si/c1-13(2)10-9-11-16(22-14(3)20)15-12-17(21)23-18(15)24-25(7,8)19(4,5)6/h10,12,16,18H,9,11H2,1-8H3. The highest BCUT2D eigenvalue weighted by molar-refractivity contribution is 6.74. The molecule has 0 aromatic heterocycles. The van der Waals surface area contributed by atoms with Crippen LogP contribution in [0.25, 0.3) is 0 Å². The molecule has 0 aromatic carbocycles. The second-order valence-corrected chi connectivity index (χ2v) is 13.0. The summed E-state index contributed by atoms with van der Waals surface area (Å²) < 4.78 is 17.1. The van der Waals surface area contributed by atoms with Crippen LogP contribution in [0.2, 0.25) is 18.1 Å². The number of hydrogen-bond donors (Lipinski definition) is 0. The Labute approximate surface area is 152 Å². The maximum Gasteiger partial charge on any atom is 0.333 e. The van der Waals surface area contributed by atoms with E-state index in [1.165, 1.54) is 18.6 Å². The van der Waals surface area contributed by atoms with E-state index in [4.69, 9.17) is 13.9 Å². The second-order valence-electron chi connectivity index (χ2n) is 8.25. The normalized spacial score (nSPS) is 19.1. The van der Waals surface area contributed by atoms with Gasteiger partial charge in [-0.15, -0.1) is 0 Å². The molecule has 0 saturated heterocycles. The van der Waals surface area contributed by atoms with Gasteiger partial charge >= 0.3 is 11.9 Å². The van der Waals surface area contributed by atoms with Gasteiger partial charge < -0.3 is 13.9 Å². The molecule has 0 spiro atoms. The van der Waals surface area contributed by atoms with E-state index >= 15 is 0 Å². The highest BCUT2D eigenvalue weighted by Crippen LogP contribution is 2.39. The molecular formula is C19H32O5Si. The summed E-state index contributed by atoms with van der Waals surface area (Å²) in [6.07, 6.45) is 3.54. The number of rotatable bonds is 7. The number of cyclic esters (lactones) is 1. The molecule has 6 heteroatoms. The molecule has 0 bridgehead atoms. The summed E-state index contributed by atoms with van der Waals surface area (Å²) in [5.74, 6) is -0.827. The predicted molar refractivity (Wildman–Crippen MR) is 100 cm³/mol. The molecule has 1 aliphatic rings. The summed E-state index contributed by atoms with van der Waals surface area (Å²) in [5.41, 5.74) is 1.80. The molecule has 1 aliphatic heterocycles. The van der Waals surface area contributed by atoms with Crippen molar-refractivity contribution < 1.29 is 23.5 Å². The Kier molecular flexibility index (Phi) is 7.20. The van der Waals surface area contributed by atoms with E-state index in [2.05, 4.69) is 39.9 Å². The van der Waals surface area contributed by atoms with E-state index in [1.54, 1.807) is 0 Å². The van der Waals surface area contributed by atoms with Crippen LogP contribution in [0.1, 0.15) is 54.4 Å². The molecule has 1 rings (SSSR count). The van der Waals surface area contributed by atoms with Crippen molar-refractivity contribution >= 4 is 20.3 Å². The minimum Gasteiger partial charge on any atom is -0.458 e. The van der Waals surface area contributed by atoms with Gasteiger partial charge in [0, 0.05) is 18.6 Å². The molecule has 0 N–H and O–H groups in total. The molecule has 5 nitrogen and oxygen atoms in total. The maximum atomic E-state index is 11.9. The topological polar surface area (TPSA) is 61.8 Å². The van der Waals surface area contributed by atoms with E-state index < -0.39 is 26.7 Å². The van der Waals surface area contributed by atoms with Gasteiger partial charge in [0.1, 0.15) is 6.10 Å². The van der Waals surface area contributed by atoms with E-state index in [0.717, 1.165) is 6.42 Å². The van der Waals surface area contributed by atoms with Crippen LogP contribution in [0, 0.1) is 0 Å². The highest BCUT2D eigenvalue weighted by atomic mass is 28.4. The Bertz CT molecular complexity index is 565. The van der Waals surface area contributed by atoms with Gasteiger partial charge in [-0.05, 0) is 44.8 Å². The van der Waals surface area contributed by atoms with Crippen LogP contribution in [0.5, 0.6) is 0 Å². The van der Waals surface area contributed by atoms with Gasteiger partial charge in [0.25, 0.3) is 0 Å². The first-order chi connectivity index (χ1) is 11.3. The average Bonchev–Trinajstić information content (AvgIpc) is 2.75. The zero-order valence-electron chi connectivity index (χ0n) is 16.8. The molecule has 142 valence electrons. The van der Waals surface area contributed by atoms with Crippen molar-refractivity contribution in [1.29, 1.82) is 0 Å². The SMILES string of the molecule is CC(=O)OC(CCC=C(C)C)C1=CC(=O)OC1O[Si](C)(C)C(C)(C)C. The van der Waals surface area contributed by atoms with Crippen LogP contribution in [0.3, 0.4) is 0 Å². The molecule has 0 aliphatic carbocycles. The molecule has 2 unspecified atom stereocenters. The van der Waals surface area contributed by atoms with Crippen molar-refractivity contribution in [2.75, 3.05) is 0 Å². The van der Waals surface area contributed by atoms with Gasteiger partial charge in [-0.1, -0.05) is 32.4 Å². The van der Waals surface area contributed by atoms with Crippen LogP contribution in [0.15, 0.2) is 23.3 Å². The quantitative estimate of drug-likeness (QED) is 0.376. The lowest BCUT2D eigenvalue weighted by molar-refractivity contribution is -0.152. The fourth-order valence-electron chi connectivity index (χ4n) is 2.21. The first-order valence-electron chi connectivity index (χ1n) is 8.74. The number of carbonyl (C=O) groups excluding carboxylic acids is 2. The molecule has 0 fully saturated rings. The van der Waals surface area contributed by atoms with E-state index in [9.17, 15) is 9.59 Å². The molecular weight excluding hydrogens is 336 g/mol. The highest BCUT2D eigenvalue weighted by Gasteiger charge is 2.44. The second kappa shape index (κ2) is 8.32. The van der Waals surface area contributed by atoms with Gasteiger partial charge in [-0.25, -0.2) is 4.79 Å². The first-order valence-corrected chi connectivity index (χ1v) is 11.6. The average molecular weight is 369 g/mol. The van der Waals surface area contributed by atoms with Crippen molar-refractivity contribution in [2.24, 2.45) is 0 Å². The summed E-state index contributed by atoms with van der Waals surface area (Å²) in [5, 5.41) is -0.0217. The largest absolute Gasteiger partial charge is 0.458 e. The Morgan fingerprint density at radius 3 is 2.40 bits per heavy atom. The van der Waals surface area contributed by atoms with Crippen molar-refractivity contribution in [3.05, 3.63) is 23.3 Å². The lowest BCUT2D eigenvalue weighted by atomic mass is 10.0. The third-order valence-electron chi connectivity index (χ3n) is 4.65. The molecule has 1 heterocycles. The van der Waals surface area contributed by atoms with Gasteiger partial charge in [0.15, 0.2) is 8.32 Å². The van der Waals surface area contributed by atoms with Crippen molar-refractivity contribution in [2.45, 2.75) is 84.9 Å². The van der Waals surface area contributed by atoms with Gasteiger partial charge in [-0.2, -0.15) is 0 Å². The molecule has 25 heavy (non-hydrogen) atoms. The van der Waals surface area contributed by atoms with Crippen molar-refractivity contribution in [1.82, 2.24) is 0 Å². The summed E-state index contributed by atoms with van der Waals surface area (Å²) >= 11 is 0. The minimum absolute atomic E-state index is 0.0217. The van der Waals surface area contributed by atoms with E-state index in [-0.39, 0.29) is 11.0 Å². The van der Waals surface area contributed by atoms with Gasteiger partial charge in [-0.3, -0.25) is 4.79 Å². The first kappa shape index (κ1) is 21.6. The third-order valence-corrected chi connectivity index (χ3v) is 9.06. The molecule has 0 radical (unpaired) electrons. The van der Waals surface area contributed by atoms with Crippen LogP contribution in [-0.2, 0) is 23.5 Å². The maximum absolute atomic E-state index is 11.9. The molecule has 0 amide bonds. The van der Waals surface area contributed by atoms with Crippen LogP contribution in [0.4, 0.5) is 0 Å². The fourth-order valence-corrected chi connectivity index (χ4v) is 3.28. The Hall–Kier alpha value is -1.40. The number of esters is 2. The Balaban J connectivity index is 3.00. The Morgan fingerprint density at radius 2 is 1.92 bits per heavy atom. The summed E-state index contributed by atoms with van der Waals surface area (Å²) in [4.78, 5) is 23.4. The number of carbonyl (C=O) groups is 2. The molecule has 0 aromatic rings. The smallest absolute Gasteiger partial charge is 0.333 e. The lowest BCUT2D eigenvalue weighted by Crippen LogP contribution is -2.45. The fraction of sp³-hybridized carbons (Fsp3) is 0.684. The number of ether oxygens (including phenoxy) is 2. The molecule has 2 atom stereocenters.